The molecule has 150 valence electrons. The maximum atomic E-state index is 12.5. The molecule has 0 unspecified atom stereocenters. The quantitative estimate of drug-likeness (QED) is 0.739. The number of aryl methyl sites for hydroxylation is 1. The molecule has 2 aromatic heterocycles. The van der Waals surface area contributed by atoms with Crippen LogP contribution in [0.1, 0.15) is 5.82 Å². The number of likely N-dealkylation sites (N-methyl/N-ethyl adjacent to an activating group) is 1. The molecular weight excluding hydrogens is 356 g/mol. The lowest BCUT2D eigenvalue weighted by molar-refractivity contribution is -0.132. The smallest absolute Gasteiger partial charge is 0.244 e. The van der Waals surface area contributed by atoms with Gasteiger partial charge in [-0.15, -0.1) is 0 Å². The van der Waals surface area contributed by atoms with Crippen molar-refractivity contribution in [2.24, 2.45) is 0 Å². The number of amides is 1. The Morgan fingerprint density at radius 1 is 0.964 bits per heavy atom. The molecule has 2 aliphatic heterocycles. The first-order valence-electron chi connectivity index (χ1n) is 9.88. The monoisotopic (exact) mass is 384 g/mol. The van der Waals surface area contributed by atoms with Gasteiger partial charge in [-0.3, -0.25) is 9.48 Å². The number of rotatable bonds is 4. The van der Waals surface area contributed by atoms with Gasteiger partial charge in [0.1, 0.15) is 24.0 Å². The van der Waals surface area contributed by atoms with Gasteiger partial charge < -0.3 is 19.6 Å². The van der Waals surface area contributed by atoms with Crippen LogP contribution in [-0.4, -0.2) is 94.9 Å². The van der Waals surface area contributed by atoms with Crippen LogP contribution in [0.2, 0.25) is 0 Å². The van der Waals surface area contributed by atoms with Gasteiger partial charge in [0, 0.05) is 70.8 Å². The summed E-state index contributed by atoms with van der Waals surface area (Å²) in [7, 11) is 2.15. The number of hydrogen-bond donors (Lipinski definition) is 0. The van der Waals surface area contributed by atoms with E-state index < -0.39 is 0 Å². The molecular formula is C19H28N8O. The van der Waals surface area contributed by atoms with Crippen molar-refractivity contribution < 1.29 is 4.79 Å². The Labute approximate surface area is 165 Å². The number of carbonyl (C=O) groups excluding carboxylic acids is 1. The highest BCUT2D eigenvalue weighted by atomic mass is 16.2. The zero-order chi connectivity index (χ0) is 19.5. The molecule has 2 aromatic rings. The van der Waals surface area contributed by atoms with Gasteiger partial charge in [0.25, 0.3) is 0 Å². The molecule has 2 fully saturated rings. The van der Waals surface area contributed by atoms with Crippen molar-refractivity contribution >= 4 is 17.5 Å². The summed E-state index contributed by atoms with van der Waals surface area (Å²) < 4.78 is 1.67. The first-order chi connectivity index (χ1) is 13.6. The molecule has 0 atom stereocenters. The lowest BCUT2D eigenvalue weighted by atomic mass is 10.3. The SMILES string of the molecule is Cc1nc(N2CCN(C)CC2)cc(N2CCN(C(=O)Cn3cccn3)CC2)n1. The Balaban J connectivity index is 1.38. The van der Waals surface area contributed by atoms with Gasteiger partial charge in [-0.1, -0.05) is 0 Å². The lowest BCUT2D eigenvalue weighted by Crippen LogP contribution is -2.50. The van der Waals surface area contributed by atoms with Gasteiger partial charge in [-0.05, 0) is 20.0 Å². The summed E-state index contributed by atoms with van der Waals surface area (Å²) in [6, 6.07) is 3.93. The van der Waals surface area contributed by atoms with Crippen molar-refractivity contribution in [3.8, 4) is 0 Å². The molecule has 9 nitrogen and oxygen atoms in total. The highest BCUT2D eigenvalue weighted by molar-refractivity contribution is 5.76. The second-order valence-electron chi connectivity index (χ2n) is 7.49. The summed E-state index contributed by atoms with van der Waals surface area (Å²) in [5.41, 5.74) is 0. The van der Waals surface area contributed by atoms with E-state index in [4.69, 9.17) is 0 Å². The van der Waals surface area contributed by atoms with Crippen LogP contribution < -0.4 is 9.80 Å². The molecule has 0 radical (unpaired) electrons. The average Bonchev–Trinajstić information content (AvgIpc) is 3.21. The van der Waals surface area contributed by atoms with E-state index in [-0.39, 0.29) is 5.91 Å². The van der Waals surface area contributed by atoms with E-state index in [1.807, 2.05) is 24.1 Å². The van der Waals surface area contributed by atoms with Gasteiger partial charge in [0.05, 0.1) is 0 Å². The van der Waals surface area contributed by atoms with Crippen LogP contribution in [0.25, 0.3) is 0 Å². The fraction of sp³-hybridized carbons (Fsp3) is 0.579. The number of piperazine rings is 2. The molecule has 0 aromatic carbocycles. The van der Waals surface area contributed by atoms with Crippen molar-refractivity contribution in [2.75, 3.05) is 69.2 Å². The minimum absolute atomic E-state index is 0.111. The van der Waals surface area contributed by atoms with Gasteiger partial charge in [-0.2, -0.15) is 5.10 Å². The third-order valence-corrected chi connectivity index (χ3v) is 5.45. The fourth-order valence-corrected chi connectivity index (χ4v) is 3.71. The second kappa shape index (κ2) is 8.14. The van der Waals surface area contributed by atoms with Crippen molar-refractivity contribution in [3.63, 3.8) is 0 Å². The predicted molar refractivity (Wildman–Crippen MR) is 107 cm³/mol. The zero-order valence-corrected chi connectivity index (χ0v) is 16.7. The number of nitrogens with zero attached hydrogens (tertiary/aromatic N) is 8. The standard InChI is InChI=1S/C19H28N8O/c1-16-21-17(24-8-6-23(2)7-9-24)14-18(22-16)25-10-12-26(13-11-25)19(28)15-27-5-3-4-20-27/h3-5,14H,6-13,15H2,1-2H3. The number of aromatic nitrogens is 4. The van der Waals surface area contributed by atoms with Crippen LogP contribution in [0.4, 0.5) is 11.6 Å². The van der Waals surface area contributed by atoms with E-state index in [0.717, 1.165) is 56.7 Å². The first-order valence-corrected chi connectivity index (χ1v) is 9.88. The first kappa shape index (κ1) is 18.7. The minimum Gasteiger partial charge on any atom is -0.354 e. The molecule has 4 heterocycles. The summed E-state index contributed by atoms with van der Waals surface area (Å²) in [5.74, 6) is 2.87. The molecule has 1 amide bonds. The molecule has 0 N–H and O–H groups in total. The molecule has 0 saturated carbocycles. The van der Waals surface area contributed by atoms with Crippen LogP contribution in [0.5, 0.6) is 0 Å². The molecule has 0 aliphatic carbocycles. The van der Waals surface area contributed by atoms with E-state index in [2.05, 4.69) is 42.9 Å². The summed E-state index contributed by atoms with van der Waals surface area (Å²) >= 11 is 0. The van der Waals surface area contributed by atoms with Gasteiger partial charge in [-0.25, -0.2) is 9.97 Å². The summed E-state index contributed by atoms with van der Waals surface area (Å²) in [4.78, 5) is 30.6. The molecule has 9 heteroatoms. The third kappa shape index (κ3) is 4.24. The van der Waals surface area contributed by atoms with Crippen molar-refractivity contribution in [1.29, 1.82) is 0 Å². The van der Waals surface area contributed by atoms with E-state index in [9.17, 15) is 4.79 Å². The van der Waals surface area contributed by atoms with Crippen LogP contribution in [0.3, 0.4) is 0 Å². The Morgan fingerprint density at radius 3 is 2.14 bits per heavy atom. The minimum atomic E-state index is 0.111. The largest absolute Gasteiger partial charge is 0.354 e. The summed E-state index contributed by atoms with van der Waals surface area (Å²) in [5, 5.41) is 4.12. The van der Waals surface area contributed by atoms with Crippen LogP contribution in [-0.2, 0) is 11.3 Å². The summed E-state index contributed by atoms with van der Waals surface area (Å²) in [6.07, 6.45) is 3.51. The summed E-state index contributed by atoms with van der Waals surface area (Å²) in [6.45, 7) is 9.29. The Kier molecular flexibility index (Phi) is 5.43. The van der Waals surface area contributed by atoms with Crippen molar-refractivity contribution in [1.82, 2.24) is 29.5 Å². The Bertz CT molecular complexity index is 792. The highest BCUT2D eigenvalue weighted by Crippen LogP contribution is 2.21. The maximum Gasteiger partial charge on any atom is 0.244 e. The number of anilines is 2. The Hall–Kier alpha value is -2.68. The normalized spacial score (nSPS) is 18.6. The van der Waals surface area contributed by atoms with E-state index in [1.165, 1.54) is 0 Å². The van der Waals surface area contributed by atoms with Gasteiger partial charge in [0.15, 0.2) is 0 Å². The fourth-order valence-electron chi connectivity index (χ4n) is 3.71. The molecule has 0 spiro atoms. The van der Waals surface area contributed by atoms with E-state index in [1.54, 1.807) is 10.9 Å². The molecule has 4 rings (SSSR count). The van der Waals surface area contributed by atoms with Gasteiger partial charge in [0.2, 0.25) is 5.91 Å². The van der Waals surface area contributed by atoms with Gasteiger partial charge >= 0.3 is 0 Å². The predicted octanol–water partition coefficient (Wildman–Crippen LogP) is 0.0821. The van der Waals surface area contributed by atoms with Crippen LogP contribution in [0.15, 0.2) is 24.5 Å². The Morgan fingerprint density at radius 2 is 1.57 bits per heavy atom. The van der Waals surface area contributed by atoms with Crippen LogP contribution >= 0.6 is 0 Å². The second-order valence-corrected chi connectivity index (χ2v) is 7.49. The number of hydrogen-bond acceptors (Lipinski definition) is 7. The maximum absolute atomic E-state index is 12.5. The van der Waals surface area contributed by atoms with E-state index >= 15 is 0 Å². The molecule has 28 heavy (non-hydrogen) atoms. The molecule has 2 saturated heterocycles. The van der Waals surface area contributed by atoms with Crippen LogP contribution in [0, 0.1) is 6.92 Å². The average molecular weight is 384 g/mol. The van der Waals surface area contributed by atoms with Crippen molar-refractivity contribution in [3.05, 3.63) is 30.4 Å². The molecule has 0 bridgehead atoms. The third-order valence-electron chi connectivity index (χ3n) is 5.45. The zero-order valence-electron chi connectivity index (χ0n) is 16.7. The highest BCUT2D eigenvalue weighted by Gasteiger charge is 2.24. The van der Waals surface area contributed by atoms with E-state index in [0.29, 0.717) is 19.6 Å². The van der Waals surface area contributed by atoms with Crippen molar-refractivity contribution in [2.45, 2.75) is 13.5 Å². The topological polar surface area (TPSA) is 73.6 Å². The lowest BCUT2D eigenvalue weighted by Gasteiger charge is -2.36. The number of carbonyl (C=O) groups is 1. The molecule has 2 aliphatic rings.